The third kappa shape index (κ3) is 5.62. The predicted molar refractivity (Wildman–Crippen MR) is 106 cm³/mol. The molecule has 27 heavy (non-hydrogen) atoms. The monoisotopic (exact) mass is 373 g/mol. The molecule has 0 aliphatic carbocycles. The molecular weight excluding hydrogens is 342 g/mol. The molecular formula is C21H31N3O3. The van der Waals surface area contributed by atoms with Gasteiger partial charge in [-0.3, -0.25) is 4.79 Å². The highest BCUT2D eigenvalue weighted by Gasteiger charge is 2.24. The molecule has 148 valence electrons. The molecule has 1 aromatic carbocycles. The predicted octanol–water partition coefficient (Wildman–Crippen LogP) is 2.96. The molecule has 2 saturated heterocycles. The van der Waals surface area contributed by atoms with Crippen molar-refractivity contribution in [2.24, 2.45) is 0 Å². The Hall–Kier alpha value is -2.24. The van der Waals surface area contributed by atoms with Gasteiger partial charge in [-0.1, -0.05) is 12.1 Å². The number of carbonyl (C=O) groups excluding carboxylic acids is 2. The molecule has 2 heterocycles. The molecule has 0 aromatic heterocycles. The number of ether oxygens (including phenoxy) is 1. The lowest BCUT2D eigenvalue weighted by molar-refractivity contribution is -0.121. The van der Waals surface area contributed by atoms with Crippen LogP contribution in [0.3, 0.4) is 0 Å². The quantitative estimate of drug-likeness (QED) is 0.862. The lowest BCUT2D eigenvalue weighted by Crippen LogP contribution is -2.47. The van der Waals surface area contributed by atoms with E-state index in [-0.39, 0.29) is 18.0 Å². The Morgan fingerprint density at radius 3 is 2.33 bits per heavy atom. The van der Waals surface area contributed by atoms with Gasteiger partial charge in [0.25, 0.3) is 0 Å². The molecule has 0 unspecified atom stereocenters. The molecule has 6 heteroatoms. The van der Waals surface area contributed by atoms with Gasteiger partial charge in [0.15, 0.2) is 0 Å². The van der Waals surface area contributed by atoms with E-state index in [0.29, 0.717) is 26.1 Å². The number of benzene rings is 1. The van der Waals surface area contributed by atoms with Gasteiger partial charge in [0.05, 0.1) is 13.0 Å². The lowest BCUT2D eigenvalue weighted by atomic mass is 10.0. The molecule has 0 saturated carbocycles. The number of nitrogens with zero attached hydrogens (tertiary/aromatic N) is 2. The fourth-order valence-corrected chi connectivity index (χ4v) is 3.86. The molecule has 0 bridgehead atoms. The number of nitrogens with one attached hydrogen (secondary N) is 1. The van der Waals surface area contributed by atoms with Gasteiger partial charge < -0.3 is 19.9 Å². The average molecular weight is 373 g/mol. The van der Waals surface area contributed by atoms with Crippen LogP contribution in [0.2, 0.25) is 0 Å². The van der Waals surface area contributed by atoms with E-state index >= 15 is 0 Å². The van der Waals surface area contributed by atoms with Crippen LogP contribution in [-0.2, 0) is 16.0 Å². The van der Waals surface area contributed by atoms with E-state index < -0.39 is 0 Å². The van der Waals surface area contributed by atoms with E-state index in [0.717, 1.165) is 31.5 Å². The SMILES string of the molecule is CCOC(=O)N1CCC(NC(=O)Cc2ccc(N3CCCCC3)cc2)CC1. The Morgan fingerprint density at radius 2 is 1.70 bits per heavy atom. The van der Waals surface area contributed by atoms with Gasteiger partial charge in [0.1, 0.15) is 0 Å². The van der Waals surface area contributed by atoms with Crippen LogP contribution >= 0.6 is 0 Å². The number of piperidine rings is 2. The minimum Gasteiger partial charge on any atom is -0.450 e. The van der Waals surface area contributed by atoms with E-state index in [9.17, 15) is 9.59 Å². The highest BCUT2D eigenvalue weighted by molar-refractivity contribution is 5.79. The van der Waals surface area contributed by atoms with Crippen LogP contribution in [0.25, 0.3) is 0 Å². The van der Waals surface area contributed by atoms with Gasteiger partial charge in [0, 0.05) is 37.9 Å². The highest BCUT2D eigenvalue weighted by atomic mass is 16.6. The zero-order valence-electron chi connectivity index (χ0n) is 16.3. The number of carbonyl (C=O) groups is 2. The summed E-state index contributed by atoms with van der Waals surface area (Å²) in [5.74, 6) is 0.0512. The van der Waals surface area contributed by atoms with E-state index in [4.69, 9.17) is 4.74 Å². The van der Waals surface area contributed by atoms with E-state index in [1.54, 1.807) is 4.90 Å². The highest BCUT2D eigenvalue weighted by Crippen LogP contribution is 2.20. The minimum atomic E-state index is -0.254. The maximum Gasteiger partial charge on any atom is 0.409 e. The molecule has 6 nitrogen and oxygen atoms in total. The molecule has 2 aliphatic heterocycles. The second kappa shape index (κ2) is 9.62. The second-order valence-corrected chi connectivity index (χ2v) is 7.42. The van der Waals surface area contributed by atoms with Crippen LogP contribution < -0.4 is 10.2 Å². The van der Waals surface area contributed by atoms with Gasteiger partial charge in [0.2, 0.25) is 5.91 Å². The second-order valence-electron chi connectivity index (χ2n) is 7.42. The van der Waals surface area contributed by atoms with Crippen molar-refractivity contribution >= 4 is 17.7 Å². The van der Waals surface area contributed by atoms with Crippen molar-refractivity contribution in [2.75, 3.05) is 37.7 Å². The maximum absolute atomic E-state index is 12.4. The van der Waals surface area contributed by atoms with Crippen LogP contribution in [0.4, 0.5) is 10.5 Å². The summed E-state index contributed by atoms with van der Waals surface area (Å²) in [4.78, 5) is 28.2. The molecule has 2 amide bonds. The molecule has 0 atom stereocenters. The average Bonchev–Trinajstić information content (AvgIpc) is 2.70. The van der Waals surface area contributed by atoms with E-state index in [2.05, 4.69) is 34.5 Å². The summed E-state index contributed by atoms with van der Waals surface area (Å²) in [6.45, 7) is 5.73. The Kier molecular flexibility index (Phi) is 6.96. The normalized spacial score (nSPS) is 18.3. The Labute approximate surface area is 161 Å². The van der Waals surface area contributed by atoms with Crippen molar-refractivity contribution in [3.8, 4) is 0 Å². The van der Waals surface area contributed by atoms with Gasteiger partial charge in [-0.25, -0.2) is 4.79 Å². The topological polar surface area (TPSA) is 61.9 Å². The molecule has 1 aromatic rings. The van der Waals surface area contributed by atoms with Crippen molar-refractivity contribution < 1.29 is 14.3 Å². The fourth-order valence-electron chi connectivity index (χ4n) is 3.86. The van der Waals surface area contributed by atoms with E-state index in [1.165, 1.54) is 24.9 Å². The fraction of sp³-hybridized carbons (Fsp3) is 0.619. The Balaban J connectivity index is 1.42. The molecule has 2 aliphatic rings. The number of rotatable bonds is 5. The van der Waals surface area contributed by atoms with Crippen LogP contribution in [0.15, 0.2) is 24.3 Å². The van der Waals surface area contributed by atoms with Crippen molar-refractivity contribution in [3.63, 3.8) is 0 Å². The first-order valence-corrected chi connectivity index (χ1v) is 10.2. The first kappa shape index (κ1) is 19.5. The molecule has 0 spiro atoms. The minimum absolute atomic E-state index is 0.0512. The largest absolute Gasteiger partial charge is 0.450 e. The summed E-state index contributed by atoms with van der Waals surface area (Å²) in [7, 11) is 0. The summed E-state index contributed by atoms with van der Waals surface area (Å²) in [5.41, 5.74) is 2.29. The van der Waals surface area contributed by atoms with Gasteiger partial charge in [-0.05, 0) is 56.7 Å². The third-order valence-electron chi connectivity index (χ3n) is 5.41. The summed E-state index contributed by atoms with van der Waals surface area (Å²) < 4.78 is 5.03. The van der Waals surface area contributed by atoms with Crippen LogP contribution in [0, 0.1) is 0 Å². The lowest BCUT2D eigenvalue weighted by Gasteiger charge is -2.31. The standard InChI is InChI=1S/C21H31N3O3/c1-2-27-21(26)24-14-10-18(11-15-24)22-20(25)16-17-6-8-19(9-7-17)23-12-4-3-5-13-23/h6-9,18H,2-5,10-16H2,1H3,(H,22,25). The number of hydrogen-bond acceptors (Lipinski definition) is 4. The Bertz CT molecular complexity index is 618. The van der Waals surface area contributed by atoms with Gasteiger partial charge in [-0.15, -0.1) is 0 Å². The van der Waals surface area contributed by atoms with Crippen molar-refractivity contribution in [2.45, 2.75) is 51.5 Å². The molecule has 2 fully saturated rings. The van der Waals surface area contributed by atoms with Crippen LogP contribution in [0.5, 0.6) is 0 Å². The Morgan fingerprint density at radius 1 is 1.04 bits per heavy atom. The van der Waals surface area contributed by atoms with Crippen LogP contribution in [-0.4, -0.2) is 55.7 Å². The maximum atomic E-state index is 12.4. The number of hydrogen-bond donors (Lipinski definition) is 1. The summed E-state index contributed by atoms with van der Waals surface area (Å²) in [6, 6.07) is 8.52. The molecule has 0 radical (unpaired) electrons. The first-order chi connectivity index (χ1) is 13.2. The zero-order valence-corrected chi connectivity index (χ0v) is 16.3. The first-order valence-electron chi connectivity index (χ1n) is 10.2. The summed E-state index contributed by atoms with van der Waals surface area (Å²) in [6.07, 6.45) is 5.55. The number of likely N-dealkylation sites (tertiary alicyclic amines) is 1. The summed E-state index contributed by atoms with van der Waals surface area (Å²) in [5, 5.41) is 3.11. The third-order valence-corrected chi connectivity index (χ3v) is 5.41. The number of amides is 2. The van der Waals surface area contributed by atoms with Crippen LogP contribution in [0.1, 0.15) is 44.6 Å². The van der Waals surface area contributed by atoms with Crippen molar-refractivity contribution in [3.05, 3.63) is 29.8 Å². The summed E-state index contributed by atoms with van der Waals surface area (Å²) >= 11 is 0. The number of anilines is 1. The van der Waals surface area contributed by atoms with Gasteiger partial charge >= 0.3 is 6.09 Å². The molecule has 1 N–H and O–H groups in total. The smallest absolute Gasteiger partial charge is 0.409 e. The van der Waals surface area contributed by atoms with Crippen molar-refractivity contribution in [1.29, 1.82) is 0 Å². The van der Waals surface area contributed by atoms with Gasteiger partial charge in [-0.2, -0.15) is 0 Å². The van der Waals surface area contributed by atoms with Crippen molar-refractivity contribution in [1.82, 2.24) is 10.2 Å². The zero-order chi connectivity index (χ0) is 19.1. The van der Waals surface area contributed by atoms with E-state index in [1.807, 2.05) is 6.92 Å². The molecule has 3 rings (SSSR count).